The van der Waals surface area contributed by atoms with Crippen molar-refractivity contribution in [1.29, 1.82) is 0 Å². The summed E-state index contributed by atoms with van der Waals surface area (Å²) < 4.78 is 16.1. The van der Waals surface area contributed by atoms with Crippen molar-refractivity contribution >= 4 is 5.97 Å². The first-order chi connectivity index (χ1) is 7.73. The van der Waals surface area contributed by atoms with E-state index in [2.05, 4.69) is 0 Å². The molecule has 1 unspecified atom stereocenters. The Bertz CT molecular complexity index is 241. The van der Waals surface area contributed by atoms with E-state index in [4.69, 9.17) is 14.2 Å². The van der Waals surface area contributed by atoms with Crippen molar-refractivity contribution < 1.29 is 24.1 Å². The van der Waals surface area contributed by atoms with Gasteiger partial charge in [0.15, 0.2) is 5.60 Å². The van der Waals surface area contributed by atoms with Crippen LogP contribution in [-0.2, 0) is 19.0 Å². The summed E-state index contributed by atoms with van der Waals surface area (Å²) in [6, 6.07) is 0. The minimum absolute atomic E-state index is 0.346. The Morgan fingerprint density at radius 3 is 2.62 bits per heavy atom. The maximum Gasteiger partial charge on any atom is 0.336 e. The smallest absolute Gasteiger partial charge is 0.336 e. The molecule has 0 bridgehead atoms. The van der Waals surface area contributed by atoms with E-state index in [0.717, 1.165) is 13.0 Å². The summed E-state index contributed by atoms with van der Waals surface area (Å²) in [6.45, 7) is 2.86. The first-order valence-electron chi connectivity index (χ1n) is 5.76. The molecule has 5 heteroatoms. The molecule has 2 saturated heterocycles. The van der Waals surface area contributed by atoms with Crippen molar-refractivity contribution in [3.8, 4) is 0 Å². The molecule has 0 radical (unpaired) electrons. The van der Waals surface area contributed by atoms with Gasteiger partial charge in [0.25, 0.3) is 0 Å². The van der Waals surface area contributed by atoms with Crippen LogP contribution in [0.2, 0.25) is 0 Å². The van der Waals surface area contributed by atoms with Crippen LogP contribution in [0.5, 0.6) is 0 Å². The van der Waals surface area contributed by atoms with E-state index in [9.17, 15) is 9.90 Å². The Labute approximate surface area is 94.7 Å². The molecule has 0 aromatic heterocycles. The Hall–Kier alpha value is -0.650. The van der Waals surface area contributed by atoms with Gasteiger partial charge in [-0.05, 0) is 6.42 Å². The van der Waals surface area contributed by atoms with Crippen molar-refractivity contribution in [1.82, 2.24) is 0 Å². The zero-order valence-electron chi connectivity index (χ0n) is 9.31. The summed E-state index contributed by atoms with van der Waals surface area (Å²) in [5, 5.41) is 9.25. The summed E-state index contributed by atoms with van der Waals surface area (Å²) >= 11 is 0. The molecular formula is C11H18O5. The second-order valence-corrected chi connectivity index (χ2v) is 4.45. The first kappa shape index (κ1) is 11.8. The lowest BCUT2D eigenvalue weighted by molar-refractivity contribution is -0.181. The van der Waals surface area contributed by atoms with Gasteiger partial charge in [0.2, 0.25) is 0 Å². The standard InChI is InChI=1S/C11H18O5/c12-10(13)11(2-5-14-6-3-11)16-8-9-1-4-15-7-9/h9H,1-8H2,(H,12,13). The first-order valence-corrected chi connectivity index (χ1v) is 5.76. The van der Waals surface area contributed by atoms with Crippen LogP contribution in [0.4, 0.5) is 0 Å². The molecule has 0 aromatic carbocycles. The molecule has 1 atom stereocenters. The Kier molecular flexibility index (Phi) is 3.78. The van der Waals surface area contributed by atoms with Crippen LogP contribution in [0.1, 0.15) is 19.3 Å². The van der Waals surface area contributed by atoms with Crippen LogP contribution >= 0.6 is 0 Å². The number of carbonyl (C=O) groups is 1. The van der Waals surface area contributed by atoms with Crippen molar-refractivity contribution in [2.75, 3.05) is 33.0 Å². The van der Waals surface area contributed by atoms with Gasteiger partial charge < -0.3 is 19.3 Å². The summed E-state index contributed by atoms with van der Waals surface area (Å²) in [7, 11) is 0. The lowest BCUT2D eigenvalue weighted by Crippen LogP contribution is -2.47. The van der Waals surface area contributed by atoms with Gasteiger partial charge in [0.05, 0.1) is 13.2 Å². The third-order valence-electron chi connectivity index (χ3n) is 3.31. The normalized spacial score (nSPS) is 29.1. The topological polar surface area (TPSA) is 65.0 Å². The lowest BCUT2D eigenvalue weighted by atomic mass is 9.94. The average Bonchev–Trinajstić information content (AvgIpc) is 2.80. The number of hydrogen-bond donors (Lipinski definition) is 1. The average molecular weight is 230 g/mol. The third kappa shape index (κ3) is 2.53. The van der Waals surface area contributed by atoms with Gasteiger partial charge in [0.1, 0.15) is 0 Å². The number of carboxylic acids is 1. The predicted octanol–water partition coefficient (Wildman–Crippen LogP) is 0.673. The van der Waals surface area contributed by atoms with Gasteiger partial charge in [0, 0.05) is 38.6 Å². The minimum Gasteiger partial charge on any atom is -0.479 e. The molecule has 92 valence electrons. The number of rotatable bonds is 4. The summed E-state index contributed by atoms with van der Waals surface area (Å²) in [5.41, 5.74) is -1.03. The Balaban J connectivity index is 1.88. The molecule has 0 spiro atoms. The van der Waals surface area contributed by atoms with Crippen molar-refractivity contribution in [2.24, 2.45) is 5.92 Å². The van der Waals surface area contributed by atoms with Crippen LogP contribution < -0.4 is 0 Å². The van der Waals surface area contributed by atoms with Crippen molar-refractivity contribution in [3.05, 3.63) is 0 Å². The molecule has 0 amide bonds. The molecule has 0 aromatic rings. The molecule has 1 N–H and O–H groups in total. The largest absolute Gasteiger partial charge is 0.479 e. The zero-order valence-corrected chi connectivity index (χ0v) is 9.31. The maximum atomic E-state index is 11.3. The van der Waals surface area contributed by atoms with E-state index >= 15 is 0 Å². The minimum atomic E-state index is -1.03. The van der Waals surface area contributed by atoms with Gasteiger partial charge in [-0.3, -0.25) is 0 Å². The van der Waals surface area contributed by atoms with Crippen LogP contribution in [0, 0.1) is 5.92 Å². The highest BCUT2D eigenvalue weighted by Crippen LogP contribution is 2.27. The summed E-state index contributed by atoms with van der Waals surface area (Å²) in [5.74, 6) is -0.520. The van der Waals surface area contributed by atoms with E-state index in [1.807, 2.05) is 0 Å². The third-order valence-corrected chi connectivity index (χ3v) is 3.31. The highest BCUT2D eigenvalue weighted by molar-refractivity contribution is 5.77. The Morgan fingerprint density at radius 2 is 2.06 bits per heavy atom. The second-order valence-electron chi connectivity index (χ2n) is 4.45. The molecule has 16 heavy (non-hydrogen) atoms. The summed E-state index contributed by atoms with van der Waals surface area (Å²) in [6.07, 6.45) is 1.85. The molecule has 2 aliphatic rings. The molecule has 2 heterocycles. The van der Waals surface area contributed by atoms with Crippen molar-refractivity contribution in [3.63, 3.8) is 0 Å². The molecular weight excluding hydrogens is 212 g/mol. The molecule has 0 saturated carbocycles. The highest BCUT2D eigenvalue weighted by Gasteiger charge is 2.42. The monoisotopic (exact) mass is 230 g/mol. The fraction of sp³-hybridized carbons (Fsp3) is 0.909. The van der Waals surface area contributed by atoms with Gasteiger partial charge in [-0.1, -0.05) is 0 Å². The second kappa shape index (κ2) is 5.12. The molecule has 2 rings (SSSR count). The quantitative estimate of drug-likeness (QED) is 0.769. The van der Waals surface area contributed by atoms with Crippen LogP contribution in [-0.4, -0.2) is 49.7 Å². The fourth-order valence-electron chi connectivity index (χ4n) is 2.11. The van der Waals surface area contributed by atoms with Crippen molar-refractivity contribution in [2.45, 2.75) is 24.9 Å². The van der Waals surface area contributed by atoms with Crippen LogP contribution in [0.25, 0.3) is 0 Å². The Morgan fingerprint density at radius 1 is 1.31 bits per heavy atom. The fourth-order valence-corrected chi connectivity index (χ4v) is 2.11. The zero-order chi connectivity index (χ0) is 11.4. The summed E-state index contributed by atoms with van der Waals surface area (Å²) in [4.78, 5) is 11.3. The molecule has 0 aliphatic carbocycles. The SMILES string of the molecule is O=C(O)C1(OCC2CCOC2)CCOCC1. The number of carboxylic acid groups (broad SMARTS) is 1. The van der Waals surface area contributed by atoms with Gasteiger partial charge in [-0.15, -0.1) is 0 Å². The van der Waals surface area contributed by atoms with Gasteiger partial charge >= 0.3 is 5.97 Å². The molecule has 2 fully saturated rings. The number of hydrogen-bond acceptors (Lipinski definition) is 4. The van der Waals surface area contributed by atoms with E-state index < -0.39 is 11.6 Å². The lowest BCUT2D eigenvalue weighted by Gasteiger charge is -2.33. The van der Waals surface area contributed by atoms with E-state index in [0.29, 0.717) is 45.2 Å². The molecule has 2 aliphatic heterocycles. The number of aliphatic carboxylic acids is 1. The molecule has 5 nitrogen and oxygen atoms in total. The van der Waals surface area contributed by atoms with Gasteiger partial charge in [-0.25, -0.2) is 4.79 Å². The van der Waals surface area contributed by atoms with E-state index in [1.54, 1.807) is 0 Å². The van der Waals surface area contributed by atoms with Gasteiger partial charge in [-0.2, -0.15) is 0 Å². The van der Waals surface area contributed by atoms with E-state index in [1.165, 1.54) is 0 Å². The maximum absolute atomic E-state index is 11.3. The van der Waals surface area contributed by atoms with E-state index in [-0.39, 0.29) is 0 Å². The number of ether oxygens (including phenoxy) is 3. The van der Waals surface area contributed by atoms with Crippen LogP contribution in [0.3, 0.4) is 0 Å². The highest BCUT2D eigenvalue weighted by atomic mass is 16.5. The van der Waals surface area contributed by atoms with Crippen LogP contribution in [0.15, 0.2) is 0 Å². The predicted molar refractivity (Wildman–Crippen MR) is 55.3 cm³/mol.